The fourth-order valence-corrected chi connectivity index (χ4v) is 5.12. The van der Waals surface area contributed by atoms with Crippen molar-refractivity contribution in [3.63, 3.8) is 0 Å². The van der Waals surface area contributed by atoms with Crippen LogP contribution in [0.4, 0.5) is 14.5 Å². The summed E-state index contributed by atoms with van der Waals surface area (Å²) in [6, 6.07) is 14.1. The zero-order valence-electron chi connectivity index (χ0n) is 16.7. The third-order valence-electron chi connectivity index (χ3n) is 5.40. The maximum absolute atomic E-state index is 13.9. The van der Waals surface area contributed by atoms with Crippen LogP contribution in [0.25, 0.3) is 0 Å². The summed E-state index contributed by atoms with van der Waals surface area (Å²) in [7, 11) is 0. The summed E-state index contributed by atoms with van der Waals surface area (Å²) in [4.78, 5) is 25.5. The van der Waals surface area contributed by atoms with Gasteiger partial charge in [0, 0.05) is 39.7 Å². The molecule has 0 spiro atoms. The number of benzene rings is 3. The molecule has 3 aromatic carbocycles. The summed E-state index contributed by atoms with van der Waals surface area (Å²) in [6.07, 6.45) is -0.254. The van der Waals surface area contributed by atoms with Crippen molar-refractivity contribution in [3.05, 3.63) is 99.0 Å². The summed E-state index contributed by atoms with van der Waals surface area (Å²) in [5.74, 6) is -3.61. The molecule has 170 valence electrons. The lowest BCUT2D eigenvalue weighted by Gasteiger charge is -2.08. The SMILES string of the molecule is O=C(Cc1ccc(F)cc1F)c1cccc(NC(=O)C2C(c3cc(Cl)cc(Cl)c3)C2(Cl)Cl)c1. The zero-order valence-corrected chi connectivity index (χ0v) is 19.7. The van der Waals surface area contributed by atoms with Crippen LogP contribution in [0.1, 0.15) is 27.4 Å². The van der Waals surface area contributed by atoms with E-state index in [1.54, 1.807) is 36.4 Å². The Morgan fingerprint density at radius 1 is 0.939 bits per heavy atom. The van der Waals surface area contributed by atoms with Crippen molar-refractivity contribution in [2.45, 2.75) is 16.7 Å². The molecule has 2 unspecified atom stereocenters. The summed E-state index contributed by atoms with van der Waals surface area (Å²) < 4.78 is 25.6. The van der Waals surface area contributed by atoms with E-state index in [0.29, 0.717) is 21.3 Å². The van der Waals surface area contributed by atoms with Crippen molar-refractivity contribution >= 4 is 63.8 Å². The second-order valence-corrected chi connectivity index (χ2v) is 10.1. The highest BCUT2D eigenvalue weighted by molar-refractivity contribution is 6.53. The monoisotopic (exact) mass is 527 g/mol. The highest BCUT2D eigenvalue weighted by atomic mass is 35.5. The second kappa shape index (κ2) is 9.22. The third-order valence-corrected chi connectivity index (χ3v) is 6.78. The fraction of sp³-hybridized carbons (Fsp3) is 0.167. The van der Waals surface area contributed by atoms with Crippen LogP contribution in [-0.2, 0) is 11.2 Å². The lowest BCUT2D eigenvalue weighted by Crippen LogP contribution is -2.17. The van der Waals surface area contributed by atoms with E-state index in [1.807, 2.05) is 0 Å². The highest BCUT2D eigenvalue weighted by Gasteiger charge is 2.67. The number of hydrogen-bond donors (Lipinski definition) is 1. The Balaban J connectivity index is 1.48. The van der Waals surface area contributed by atoms with E-state index in [2.05, 4.69) is 5.32 Å². The normalized spacial score (nSPS) is 18.6. The minimum atomic E-state index is -1.34. The van der Waals surface area contributed by atoms with Gasteiger partial charge in [-0.2, -0.15) is 0 Å². The van der Waals surface area contributed by atoms with Gasteiger partial charge in [-0.05, 0) is 47.5 Å². The van der Waals surface area contributed by atoms with Gasteiger partial charge in [0.15, 0.2) is 5.78 Å². The smallest absolute Gasteiger partial charge is 0.231 e. The van der Waals surface area contributed by atoms with Crippen LogP contribution in [0.15, 0.2) is 60.7 Å². The van der Waals surface area contributed by atoms with E-state index in [-0.39, 0.29) is 17.5 Å². The molecule has 0 radical (unpaired) electrons. The molecular formula is C24H15Cl4F2NO2. The number of nitrogens with one attached hydrogen (secondary N) is 1. The molecule has 0 heterocycles. The number of Topliss-reactive ketones (excluding diaryl/α,β-unsaturated/α-hetero) is 1. The van der Waals surface area contributed by atoms with E-state index in [4.69, 9.17) is 46.4 Å². The molecule has 33 heavy (non-hydrogen) atoms. The van der Waals surface area contributed by atoms with Crippen molar-refractivity contribution in [2.24, 2.45) is 5.92 Å². The average Bonchev–Trinajstić information content (AvgIpc) is 3.31. The Kier molecular flexibility index (Phi) is 6.70. The molecule has 1 saturated carbocycles. The molecule has 3 aromatic rings. The molecule has 4 rings (SSSR count). The molecule has 1 fully saturated rings. The van der Waals surface area contributed by atoms with Crippen molar-refractivity contribution in [1.82, 2.24) is 0 Å². The van der Waals surface area contributed by atoms with Gasteiger partial charge in [-0.15, -0.1) is 23.2 Å². The first kappa shape index (κ1) is 24.0. The Morgan fingerprint density at radius 2 is 1.64 bits per heavy atom. The van der Waals surface area contributed by atoms with Crippen LogP contribution in [-0.4, -0.2) is 16.0 Å². The summed E-state index contributed by atoms with van der Waals surface area (Å²) in [5, 5.41) is 3.52. The first-order valence-corrected chi connectivity index (χ1v) is 11.3. The van der Waals surface area contributed by atoms with Gasteiger partial charge < -0.3 is 5.32 Å². The van der Waals surface area contributed by atoms with Crippen molar-refractivity contribution in [3.8, 4) is 0 Å². The van der Waals surface area contributed by atoms with Gasteiger partial charge in [-0.1, -0.05) is 41.4 Å². The van der Waals surface area contributed by atoms with Gasteiger partial charge >= 0.3 is 0 Å². The van der Waals surface area contributed by atoms with E-state index in [9.17, 15) is 18.4 Å². The van der Waals surface area contributed by atoms with Crippen LogP contribution < -0.4 is 5.32 Å². The van der Waals surface area contributed by atoms with Crippen molar-refractivity contribution < 1.29 is 18.4 Å². The molecule has 3 nitrogen and oxygen atoms in total. The number of rotatable bonds is 6. The zero-order chi connectivity index (χ0) is 23.9. The fourth-order valence-electron chi connectivity index (χ4n) is 3.75. The molecule has 1 amide bonds. The lowest BCUT2D eigenvalue weighted by molar-refractivity contribution is -0.117. The van der Waals surface area contributed by atoms with Crippen LogP contribution in [0.3, 0.4) is 0 Å². The maximum Gasteiger partial charge on any atom is 0.231 e. The van der Waals surface area contributed by atoms with Crippen LogP contribution >= 0.6 is 46.4 Å². The number of anilines is 1. The van der Waals surface area contributed by atoms with E-state index in [1.165, 1.54) is 12.1 Å². The molecule has 0 bridgehead atoms. The third kappa shape index (κ3) is 5.17. The largest absolute Gasteiger partial charge is 0.326 e. The van der Waals surface area contributed by atoms with Gasteiger partial charge in [-0.25, -0.2) is 8.78 Å². The molecular weight excluding hydrogens is 514 g/mol. The first-order chi connectivity index (χ1) is 15.6. The minimum absolute atomic E-state index is 0.0749. The molecule has 9 heteroatoms. The Morgan fingerprint density at radius 3 is 2.30 bits per heavy atom. The van der Waals surface area contributed by atoms with Gasteiger partial charge in [0.2, 0.25) is 5.91 Å². The number of amides is 1. The van der Waals surface area contributed by atoms with Crippen molar-refractivity contribution in [2.75, 3.05) is 5.32 Å². The number of alkyl halides is 2. The van der Waals surface area contributed by atoms with Gasteiger partial charge in [-0.3, -0.25) is 9.59 Å². The van der Waals surface area contributed by atoms with Crippen LogP contribution in [0, 0.1) is 17.6 Å². The molecule has 1 N–H and O–H groups in total. The topological polar surface area (TPSA) is 46.2 Å². The number of hydrogen-bond acceptors (Lipinski definition) is 2. The Hall–Kier alpha value is -2.18. The first-order valence-electron chi connectivity index (χ1n) is 9.78. The van der Waals surface area contributed by atoms with Crippen LogP contribution in [0.5, 0.6) is 0 Å². The summed E-state index contributed by atoms with van der Waals surface area (Å²) in [5.41, 5.74) is 1.33. The summed E-state index contributed by atoms with van der Waals surface area (Å²) in [6.45, 7) is 0. The van der Waals surface area contributed by atoms with Gasteiger partial charge in [0.25, 0.3) is 0 Å². The van der Waals surface area contributed by atoms with E-state index < -0.39 is 39.5 Å². The second-order valence-electron chi connectivity index (χ2n) is 7.74. The molecule has 0 aromatic heterocycles. The lowest BCUT2D eigenvalue weighted by atomic mass is 10.0. The van der Waals surface area contributed by atoms with Gasteiger partial charge in [0.05, 0.1) is 5.92 Å². The number of carbonyl (C=O) groups excluding carboxylic acids is 2. The Bertz CT molecular complexity index is 1240. The predicted molar refractivity (Wildman–Crippen MR) is 127 cm³/mol. The highest BCUT2D eigenvalue weighted by Crippen LogP contribution is 2.65. The average molecular weight is 529 g/mol. The molecule has 1 aliphatic carbocycles. The molecule has 1 aliphatic rings. The number of halogens is 6. The van der Waals surface area contributed by atoms with Gasteiger partial charge in [0.1, 0.15) is 16.0 Å². The van der Waals surface area contributed by atoms with E-state index in [0.717, 1.165) is 12.1 Å². The quantitative estimate of drug-likeness (QED) is 0.271. The maximum atomic E-state index is 13.9. The standard InChI is InChI=1S/C24H15Cl4F2NO2/c25-15-6-14(7-16(26)10-15)21-22(24(21,27)28)23(33)31-18-3-1-2-13(8-18)20(32)9-12-4-5-17(29)11-19(12)30/h1-8,10-11,21-22H,9H2,(H,31,33). The number of ketones is 1. The summed E-state index contributed by atoms with van der Waals surface area (Å²) >= 11 is 24.8. The van der Waals surface area contributed by atoms with Crippen molar-refractivity contribution in [1.29, 1.82) is 0 Å². The molecule has 0 saturated heterocycles. The predicted octanol–water partition coefficient (Wildman–Crippen LogP) is 7.22. The molecule has 0 aliphatic heterocycles. The van der Waals surface area contributed by atoms with E-state index >= 15 is 0 Å². The minimum Gasteiger partial charge on any atom is -0.326 e. The Labute approximate surface area is 208 Å². The molecule has 2 atom stereocenters. The van der Waals surface area contributed by atoms with Crippen LogP contribution in [0.2, 0.25) is 10.0 Å². The number of carbonyl (C=O) groups is 2.